The second-order valence-electron chi connectivity index (χ2n) is 5.55. The Morgan fingerprint density at radius 2 is 2.28 bits per heavy atom. The highest BCUT2D eigenvalue weighted by atomic mass is 16.5. The zero-order chi connectivity index (χ0) is 12.4. The predicted molar refractivity (Wildman–Crippen MR) is 73.6 cm³/mol. The monoisotopic (exact) mass is 246 g/mol. The van der Waals surface area contributed by atoms with E-state index < -0.39 is 0 Å². The lowest BCUT2D eigenvalue weighted by molar-refractivity contribution is 0.0803. The van der Waals surface area contributed by atoms with E-state index in [2.05, 4.69) is 23.1 Å². The van der Waals surface area contributed by atoms with E-state index in [1.54, 1.807) is 0 Å². The van der Waals surface area contributed by atoms with E-state index in [9.17, 15) is 0 Å². The topological polar surface area (TPSA) is 38.5 Å². The van der Waals surface area contributed by atoms with E-state index in [4.69, 9.17) is 10.5 Å². The maximum Gasteiger partial charge on any atom is 0.0702 e. The molecule has 2 aliphatic rings. The SMILES string of the molecule is Nc1cccc(C2CCN(CC3CCCO3)C2)c1. The average Bonchev–Trinajstić information content (AvgIpc) is 3.01. The van der Waals surface area contributed by atoms with Crippen LogP contribution in [0.15, 0.2) is 24.3 Å². The molecular formula is C15H22N2O. The molecule has 2 heterocycles. The van der Waals surface area contributed by atoms with Crippen molar-refractivity contribution in [2.75, 3.05) is 32.0 Å². The first-order chi connectivity index (χ1) is 8.81. The van der Waals surface area contributed by atoms with E-state index in [1.807, 2.05) is 6.07 Å². The Morgan fingerprint density at radius 1 is 1.33 bits per heavy atom. The van der Waals surface area contributed by atoms with Crippen LogP contribution in [0.25, 0.3) is 0 Å². The molecule has 2 fully saturated rings. The molecule has 3 rings (SSSR count). The van der Waals surface area contributed by atoms with Crippen LogP contribution in [0.1, 0.15) is 30.7 Å². The van der Waals surface area contributed by atoms with Crippen molar-refractivity contribution in [3.63, 3.8) is 0 Å². The summed E-state index contributed by atoms with van der Waals surface area (Å²) in [5.41, 5.74) is 8.13. The molecule has 0 radical (unpaired) electrons. The van der Waals surface area contributed by atoms with Gasteiger partial charge in [0.15, 0.2) is 0 Å². The number of anilines is 1. The molecule has 98 valence electrons. The number of nitrogen functional groups attached to an aromatic ring is 1. The minimum Gasteiger partial charge on any atom is -0.399 e. The second-order valence-corrected chi connectivity index (χ2v) is 5.55. The zero-order valence-corrected chi connectivity index (χ0v) is 10.8. The fourth-order valence-electron chi connectivity index (χ4n) is 3.16. The molecule has 3 heteroatoms. The first kappa shape index (κ1) is 12.0. The molecule has 2 saturated heterocycles. The maximum absolute atomic E-state index is 5.86. The Morgan fingerprint density at radius 3 is 3.06 bits per heavy atom. The summed E-state index contributed by atoms with van der Waals surface area (Å²) in [6.45, 7) is 4.42. The van der Waals surface area contributed by atoms with Crippen LogP contribution in [-0.2, 0) is 4.74 Å². The van der Waals surface area contributed by atoms with Gasteiger partial charge in [0, 0.05) is 25.4 Å². The molecule has 0 aromatic heterocycles. The Hall–Kier alpha value is -1.06. The van der Waals surface area contributed by atoms with Crippen molar-refractivity contribution >= 4 is 5.69 Å². The number of likely N-dealkylation sites (tertiary alicyclic amines) is 1. The van der Waals surface area contributed by atoms with E-state index in [0.717, 1.165) is 25.4 Å². The van der Waals surface area contributed by atoms with Gasteiger partial charge in [0.05, 0.1) is 6.10 Å². The van der Waals surface area contributed by atoms with Gasteiger partial charge < -0.3 is 15.4 Å². The fourth-order valence-corrected chi connectivity index (χ4v) is 3.16. The molecule has 2 atom stereocenters. The first-order valence-electron chi connectivity index (χ1n) is 7.00. The minimum atomic E-state index is 0.476. The molecule has 0 saturated carbocycles. The van der Waals surface area contributed by atoms with E-state index in [1.165, 1.54) is 31.4 Å². The summed E-state index contributed by atoms with van der Waals surface area (Å²) < 4.78 is 5.71. The van der Waals surface area contributed by atoms with Gasteiger partial charge in [0.25, 0.3) is 0 Å². The van der Waals surface area contributed by atoms with Gasteiger partial charge in [0.2, 0.25) is 0 Å². The smallest absolute Gasteiger partial charge is 0.0702 e. The van der Waals surface area contributed by atoms with Crippen molar-refractivity contribution in [1.29, 1.82) is 0 Å². The molecule has 0 spiro atoms. The van der Waals surface area contributed by atoms with Crippen LogP contribution in [0.2, 0.25) is 0 Å². The third-order valence-corrected chi connectivity index (χ3v) is 4.14. The van der Waals surface area contributed by atoms with Crippen molar-refractivity contribution < 1.29 is 4.74 Å². The average molecular weight is 246 g/mol. The molecule has 2 unspecified atom stereocenters. The standard InChI is InChI=1S/C15H22N2O/c16-14-4-1-3-12(9-14)13-6-7-17(10-13)11-15-5-2-8-18-15/h1,3-4,9,13,15H,2,5-8,10-11,16H2. The Balaban J connectivity index is 1.57. The van der Waals surface area contributed by atoms with Crippen LogP contribution in [0.4, 0.5) is 5.69 Å². The van der Waals surface area contributed by atoms with Crippen LogP contribution in [0.3, 0.4) is 0 Å². The number of rotatable bonds is 3. The Labute approximate surface area is 109 Å². The Kier molecular flexibility index (Phi) is 3.52. The predicted octanol–water partition coefficient (Wildman–Crippen LogP) is 2.24. The van der Waals surface area contributed by atoms with Gasteiger partial charge in [-0.15, -0.1) is 0 Å². The highest BCUT2D eigenvalue weighted by molar-refractivity contribution is 5.42. The summed E-state index contributed by atoms with van der Waals surface area (Å²) in [6.07, 6.45) is 4.19. The third kappa shape index (κ3) is 2.68. The van der Waals surface area contributed by atoms with Crippen molar-refractivity contribution in [2.45, 2.75) is 31.3 Å². The van der Waals surface area contributed by atoms with Crippen LogP contribution in [-0.4, -0.2) is 37.2 Å². The number of nitrogens with zero attached hydrogens (tertiary/aromatic N) is 1. The van der Waals surface area contributed by atoms with Gasteiger partial charge in [-0.2, -0.15) is 0 Å². The molecule has 1 aromatic carbocycles. The van der Waals surface area contributed by atoms with Gasteiger partial charge in [-0.25, -0.2) is 0 Å². The van der Waals surface area contributed by atoms with Gasteiger partial charge in [-0.05, 0) is 49.4 Å². The first-order valence-corrected chi connectivity index (χ1v) is 7.00. The van der Waals surface area contributed by atoms with Gasteiger partial charge in [-0.1, -0.05) is 12.1 Å². The van der Waals surface area contributed by atoms with Gasteiger partial charge >= 0.3 is 0 Å². The quantitative estimate of drug-likeness (QED) is 0.831. The summed E-state index contributed by atoms with van der Waals surface area (Å²) in [7, 11) is 0. The van der Waals surface area contributed by atoms with Crippen LogP contribution < -0.4 is 5.73 Å². The minimum absolute atomic E-state index is 0.476. The van der Waals surface area contributed by atoms with Crippen LogP contribution in [0, 0.1) is 0 Å². The lowest BCUT2D eigenvalue weighted by Gasteiger charge is -2.20. The third-order valence-electron chi connectivity index (χ3n) is 4.14. The van der Waals surface area contributed by atoms with E-state index >= 15 is 0 Å². The van der Waals surface area contributed by atoms with Crippen molar-refractivity contribution in [2.24, 2.45) is 0 Å². The van der Waals surface area contributed by atoms with Crippen molar-refractivity contribution in [1.82, 2.24) is 4.90 Å². The molecule has 2 N–H and O–H groups in total. The lowest BCUT2D eigenvalue weighted by Crippen LogP contribution is -2.30. The summed E-state index contributed by atoms with van der Waals surface area (Å²) in [6, 6.07) is 8.35. The number of hydrogen-bond donors (Lipinski definition) is 1. The normalized spacial score (nSPS) is 28.9. The summed E-state index contributed by atoms with van der Waals surface area (Å²) in [4.78, 5) is 2.55. The maximum atomic E-state index is 5.86. The fraction of sp³-hybridized carbons (Fsp3) is 0.600. The molecule has 2 aliphatic heterocycles. The Bertz CT molecular complexity index is 401. The molecule has 18 heavy (non-hydrogen) atoms. The van der Waals surface area contributed by atoms with E-state index in [-0.39, 0.29) is 0 Å². The highest BCUT2D eigenvalue weighted by Crippen LogP contribution is 2.29. The lowest BCUT2D eigenvalue weighted by atomic mass is 9.98. The van der Waals surface area contributed by atoms with Gasteiger partial charge in [-0.3, -0.25) is 0 Å². The largest absolute Gasteiger partial charge is 0.399 e. The van der Waals surface area contributed by atoms with E-state index in [0.29, 0.717) is 12.0 Å². The summed E-state index contributed by atoms with van der Waals surface area (Å²) >= 11 is 0. The van der Waals surface area contributed by atoms with Gasteiger partial charge in [0.1, 0.15) is 0 Å². The zero-order valence-electron chi connectivity index (χ0n) is 10.8. The molecule has 1 aromatic rings. The number of hydrogen-bond acceptors (Lipinski definition) is 3. The number of nitrogens with two attached hydrogens (primary N) is 1. The molecule has 0 bridgehead atoms. The van der Waals surface area contributed by atoms with Crippen molar-refractivity contribution in [3.05, 3.63) is 29.8 Å². The van der Waals surface area contributed by atoms with Crippen LogP contribution >= 0.6 is 0 Å². The van der Waals surface area contributed by atoms with Crippen LogP contribution in [0.5, 0.6) is 0 Å². The molecule has 3 nitrogen and oxygen atoms in total. The molecule has 0 aliphatic carbocycles. The van der Waals surface area contributed by atoms with Crippen molar-refractivity contribution in [3.8, 4) is 0 Å². The summed E-state index contributed by atoms with van der Waals surface area (Å²) in [5, 5.41) is 0. The number of benzene rings is 1. The molecule has 0 amide bonds. The summed E-state index contributed by atoms with van der Waals surface area (Å²) in [5.74, 6) is 0.648. The second kappa shape index (κ2) is 5.29. The highest BCUT2D eigenvalue weighted by Gasteiger charge is 2.27. The molecular weight excluding hydrogens is 224 g/mol. The number of ether oxygens (including phenoxy) is 1.